The smallest absolute Gasteiger partial charge is 0.333 e. The summed E-state index contributed by atoms with van der Waals surface area (Å²) in [5.74, 6) is -1.34. The quantitative estimate of drug-likeness (QED) is 0.528. The minimum atomic E-state index is -0.981. The van der Waals surface area contributed by atoms with E-state index in [1.54, 1.807) is 6.92 Å². The fourth-order valence-corrected chi connectivity index (χ4v) is 0.628. The zero-order chi connectivity index (χ0) is 13.0. The number of carbonyl (C=O) groups excluding carboxylic acids is 1. The first-order chi connectivity index (χ1) is 7.49. The van der Waals surface area contributed by atoms with Crippen molar-refractivity contribution in [2.75, 3.05) is 13.2 Å². The molecule has 0 fully saturated rings. The molecule has 2 N–H and O–H groups in total. The average Bonchev–Trinajstić information content (AvgIpc) is 2.26. The third-order valence-corrected chi connectivity index (χ3v) is 1.38. The molecule has 0 aromatic heterocycles. The lowest BCUT2D eigenvalue weighted by molar-refractivity contribution is -0.138. The standard InChI is InChI=1S/C8H14O3.C3H4O2/c1-3-11-8(10)7(2)5-4-6-9;1-2-3(4)5/h9H,2-6H2,1H3;2H,1H2,(H,4,5). The molecular weight excluding hydrogens is 212 g/mol. The van der Waals surface area contributed by atoms with Gasteiger partial charge in [-0.05, 0) is 19.8 Å². The monoisotopic (exact) mass is 230 g/mol. The molecular formula is C11H18O5. The number of hydrogen-bond donors (Lipinski definition) is 2. The zero-order valence-electron chi connectivity index (χ0n) is 9.44. The van der Waals surface area contributed by atoms with Crippen molar-refractivity contribution < 1.29 is 24.5 Å². The highest BCUT2D eigenvalue weighted by Gasteiger charge is 2.05. The predicted molar refractivity (Wildman–Crippen MR) is 59.9 cm³/mol. The van der Waals surface area contributed by atoms with Crippen molar-refractivity contribution in [2.45, 2.75) is 19.8 Å². The van der Waals surface area contributed by atoms with Gasteiger partial charge in [0.05, 0.1) is 6.61 Å². The first-order valence-corrected chi connectivity index (χ1v) is 4.80. The highest BCUT2D eigenvalue weighted by molar-refractivity contribution is 5.87. The predicted octanol–water partition coefficient (Wildman–Crippen LogP) is 1.14. The van der Waals surface area contributed by atoms with Gasteiger partial charge >= 0.3 is 11.9 Å². The first-order valence-electron chi connectivity index (χ1n) is 4.80. The summed E-state index contributed by atoms with van der Waals surface area (Å²) in [5, 5.41) is 16.0. The molecule has 0 aliphatic heterocycles. The number of ether oxygens (including phenoxy) is 1. The summed E-state index contributed by atoms with van der Waals surface area (Å²) < 4.78 is 4.68. The molecule has 0 unspecified atom stereocenters. The van der Waals surface area contributed by atoms with E-state index in [1.807, 2.05) is 0 Å². The van der Waals surface area contributed by atoms with E-state index in [2.05, 4.69) is 17.9 Å². The van der Waals surface area contributed by atoms with Gasteiger partial charge in [-0.15, -0.1) is 0 Å². The number of rotatable bonds is 6. The summed E-state index contributed by atoms with van der Waals surface area (Å²) in [6, 6.07) is 0. The van der Waals surface area contributed by atoms with Gasteiger partial charge < -0.3 is 14.9 Å². The molecule has 0 saturated carbocycles. The van der Waals surface area contributed by atoms with Crippen molar-refractivity contribution >= 4 is 11.9 Å². The van der Waals surface area contributed by atoms with E-state index in [0.29, 0.717) is 25.0 Å². The molecule has 0 bridgehead atoms. The number of aliphatic carboxylic acids is 1. The van der Waals surface area contributed by atoms with Gasteiger partial charge in [0.2, 0.25) is 0 Å². The fraction of sp³-hybridized carbons (Fsp3) is 0.455. The van der Waals surface area contributed by atoms with Crippen LogP contribution in [0.5, 0.6) is 0 Å². The molecule has 16 heavy (non-hydrogen) atoms. The number of esters is 1. The topological polar surface area (TPSA) is 83.8 Å². The molecule has 0 radical (unpaired) electrons. The molecule has 0 amide bonds. The maximum Gasteiger partial charge on any atom is 0.333 e. The van der Waals surface area contributed by atoms with Crippen LogP contribution in [0, 0.1) is 0 Å². The second kappa shape index (κ2) is 11.5. The van der Waals surface area contributed by atoms with Gasteiger partial charge in [0.15, 0.2) is 0 Å². The van der Waals surface area contributed by atoms with E-state index in [1.165, 1.54) is 0 Å². The largest absolute Gasteiger partial charge is 0.478 e. The number of hydrogen-bond acceptors (Lipinski definition) is 4. The zero-order valence-corrected chi connectivity index (χ0v) is 9.44. The summed E-state index contributed by atoms with van der Waals surface area (Å²) in [6.07, 6.45) is 1.91. The van der Waals surface area contributed by atoms with Crippen molar-refractivity contribution in [1.82, 2.24) is 0 Å². The number of carboxylic acids is 1. The Morgan fingerprint density at radius 2 is 1.94 bits per heavy atom. The Morgan fingerprint density at radius 1 is 1.44 bits per heavy atom. The van der Waals surface area contributed by atoms with Crippen molar-refractivity contribution in [3.8, 4) is 0 Å². The SMILES string of the molecule is C=C(CCCO)C(=O)OCC.C=CC(=O)O. The van der Waals surface area contributed by atoms with Crippen LogP contribution in [0.15, 0.2) is 24.8 Å². The van der Waals surface area contributed by atoms with E-state index >= 15 is 0 Å². The second-order valence-corrected chi connectivity index (χ2v) is 2.69. The van der Waals surface area contributed by atoms with Gasteiger partial charge in [-0.3, -0.25) is 0 Å². The van der Waals surface area contributed by atoms with Gasteiger partial charge in [-0.25, -0.2) is 9.59 Å². The van der Waals surface area contributed by atoms with Crippen LogP contribution in [0.4, 0.5) is 0 Å². The average molecular weight is 230 g/mol. The third kappa shape index (κ3) is 12.4. The van der Waals surface area contributed by atoms with Crippen LogP contribution in [-0.2, 0) is 14.3 Å². The Bertz CT molecular complexity index is 245. The normalized spacial score (nSPS) is 8.38. The van der Waals surface area contributed by atoms with Crippen molar-refractivity contribution in [3.05, 3.63) is 24.8 Å². The Hall–Kier alpha value is -1.62. The molecule has 0 saturated heterocycles. The Morgan fingerprint density at radius 3 is 2.25 bits per heavy atom. The number of aliphatic hydroxyl groups is 1. The van der Waals surface area contributed by atoms with Crippen LogP contribution >= 0.6 is 0 Å². The molecule has 92 valence electrons. The molecule has 0 aliphatic carbocycles. The van der Waals surface area contributed by atoms with E-state index in [-0.39, 0.29) is 12.6 Å². The lowest BCUT2D eigenvalue weighted by atomic mass is 10.2. The lowest BCUT2D eigenvalue weighted by Crippen LogP contribution is -2.06. The highest BCUT2D eigenvalue weighted by Crippen LogP contribution is 2.03. The van der Waals surface area contributed by atoms with Gasteiger partial charge in [0.25, 0.3) is 0 Å². The van der Waals surface area contributed by atoms with Crippen LogP contribution < -0.4 is 0 Å². The summed E-state index contributed by atoms with van der Waals surface area (Å²) in [6.45, 7) is 8.69. The van der Waals surface area contributed by atoms with Crippen LogP contribution in [0.1, 0.15) is 19.8 Å². The van der Waals surface area contributed by atoms with Crippen LogP contribution in [0.25, 0.3) is 0 Å². The summed E-state index contributed by atoms with van der Waals surface area (Å²) in [7, 11) is 0. The molecule has 0 spiro atoms. The molecule has 0 atom stereocenters. The summed E-state index contributed by atoms with van der Waals surface area (Å²) in [4.78, 5) is 20.1. The molecule has 0 rings (SSSR count). The Kier molecular flexibility index (Phi) is 12.0. The summed E-state index contributed by atoms with van der Waals surface area (Å²) in [5.41, 5.74) is 0.431. The minimum absolute atomic E-state index is 0.0818. The Labute approximate surface area is 95.0 Å². The molecule has 5 nitrogen and oxygen atoms in total. The van der Waals surface area contributed by atoms with Gasteiger partial charge in [-0.2, -0.15) is 0 Å². The van der Waals surface area contributed by atoms with Crippen LogP contribution in [0.3, 0.4) is 0 Å². The van der Waals surface area contributed by atoms with E-state index in [0.717, 1.165) is 6.08 Å². The molecule has 0 aliphatic rings. The van der Waals surface area contributed by atoms with Crippen molar-refractivity contribution in [2.24, 2.45) is 0 Å². The summed E-state index contributed by atoms with van der Waals surface area (Å²) >= 11 is 0. The van der Waals surface area contributed by atoms with Crippen LogP contribution in [-0.4, -0.2) is 35.4 Å². The van der Waals surface area contributed by atoms with Gasteiger partial charge in [0.1, 0.15) is 0 Å². The number of aliphatic hydroxyl groups excluding tert-OH is 1. The molecule has 0 heterocycles. The fourth-order valence-electron chi connectivity index (χ4n) is 0.628. The Balaban J connectivity index is 0. The van der Waals surface area contributed by atoms with Gasteiger partial charge in [0, 0.05) is 18.3 Å². The number of carboxylic acid groups (broad SMARTS) is 1. The first kappa shape index (κ1) is 16.8. The second-order valence-electron chi connectivity index (χ2n) is 2.69. The van der Waals surface area contributed by atoms with Gasteiger partial charge in [-0.1, -0.05) is 13.2 Å². The maximum absolute atomic E-state index is 10.8. The molecule has 5 heteroatoms. The minimum Gasteiger partial charge on any atom is -0.478 e. The third-order valence-electron chi connectivity index (χ3n) is 1.38. The highest BCUT2D eigenvalue weighted by atomic mass is 16.5. The van der Waals surface area contributed by atoms with Crippen LogP contribution in [0.2, 0.25) is 0 Å². The maximum atomic E-state index is 10.8. The lowest BCUT2D eigenvalue weighted by Gasteiger charge is -2.02. The van der Waals surface area contributed by atoms with Crippen molar-refractivity contribution in [1.29, 1.82) is 0 Å². The van der Waals surface area contributed by atoms with E-state index in [9.17, 15) is 9.59 Å². The van der Waals surface area contributed by atoms with E-state index < -0.39 is 5.97 Å². The van der Waals surface area contributed by atoms with Crippen molar-refractivity contribution in [3.63, 3.8) is 0 Å². The number of carbonyl (C=O) groups is 2. The van der Waals surface area contributed by atoms with E-state index in [4.69, 9.17) is 10.2 Å². The molecule has 0 aromatic carbocycles. The molecule has 0 aromatic rings.